The van der Waals surface area contributed by atoms with Gasteiger partial charge in [-0.05, 0) is 32.0 Å². The van der Waals surface area contributed by atoms with Crippen LogP contribution in [-0.4, -0.2) is 31.8 Å². The Morgan fingerprint density at radius 2 is 1.92 bits per heavy atom. The molecule has 1 aromatic heterocycles. The molecular weight excluding hydrogens is 342 g/mol. The van der Waals surface area contributed by atoms with E-state index in [2.05, 4.69) is 14.9 Å². The first-order valence-electron chi connectivity index (χ1n) is 7.89. The van der Waals surface area contributed by atoms with Crippen LogP contribution in [0.3, 0.4) is 0 Å². The summed E-state index contributed by atoms with van der Waals surface area (Å²) < 4.78 is 39.4. The summed E-state index contributed by atoms with van der Waals surface area (Å²) in [5.74, 6) is 0.737. The fourth-order valence-electron chi connectivity index (χ4n) is 2.48. The van der Waals surface area contributed by atoms with Crippen molar-refractivity contribution in [2.45, 2.75) is 18.7 Å². The normalized spacial score (nSPS) is 11.4. The molecule has 1 heterocycles. The Morgan fingerprint density at radius 3 is 2.68 bits per heavy atom. The molecule has 0 amide bonds. The van der Waals surface area contributed by atoms with Gasteiger partial charge >= 0.3 is 0 Å². The number of fused-ring (bicyclic) bond motifs is 1. The van der Waals surface area contributed by atoms with E-state index in [0.717, 1.165) is 5.39 Å². The number of sulfonamides is 1. The minimum absolute atomic E-state index is 0.0248. The lowest BCUT2D eigenvalue weighted by Gasteiger charge is -2.14. The highest BCUT2D eigenvalue weighted by Gasteiger charge is 2.22. The summed E-state index contributed by atoms with van der Waals surface area (Å²) in [6.07, 6.45) is 1.63. The van der Waals surface area contributed by atoms with Crippen LogP contribution < -0.4 is 14.2 Å². The molecular formula is C17H19N3O4S. The number of aromatic amines is 1. The first kappa shape index (κ1) is 17.1. The second kappa shape index (κ2) is 7.02. The minimum Gasteiger partial charge on any atom is -0.494 e. The number of para-hydroxylation sites is 1. The third kappa shape index (κ3) is 3.53. The Bertz CT molecular complexity index is 982. The van der Waals surface area contributed by atoms with Gasteiger partial charge in [0.05, 0.1) is 30.6 Å². The number of nitrogens with one attached hydrogen (secondary N) is 2. The van der Waals surface area contributed by atoms with Gasteiger partial charge in [0.15, 0.2) is 0 Å². The van der Waals surface area contributed by atoms with Gasteiger partial charge < -0.3 is 9.47 Å². The quantitative estimate of drug-likeness (QED) is 0.674. The Morgan fingerprint density at radius 1 is 1.12 bits per heavy atom. The van der Waals surface area contributed by atoms with Gasteiger partial charge in [-0.25, -0.2) is 8.42 Å². The van der Waals surface area contributed by atoms with Crippen molar-refractivity contribution in [1.29, 1.82) is 0 Å². The first-order valence-corrected chi connectivity index (χ1v) is 9.38. The van der Waals surface area contributed by atoms with Crippen LogP contribution in [0.1, 0.15) is 13.8 Å². The van der Waals surface area contributed by atoms with Crippen molar-refractivity contribution < 1.29 is 17.9 Å². The molecule has 8 heteroatoms. The maximum atomic E-state index is 12.9. The van der Waals surface area contributed by atoms with Crippen LogP contribution in [0.15, 0.2) is 47.5 Å². The molecule has 0 saturated heterocycles. The smallest absolute Gasteiger partial charge is 0.265 e. The molecule has 132 valence electrons. The summed E-state index contributed by atoms with van der Waals surface area (Å²) in [6, 6.07) is 10.0. The predicted octanol–water partition coefficient (Wildman–Crippen LogP) is 3.16. The molecule has 2 N–H and O–H groups in total. The Labute approximate surface area is 146 Å². The van der Waals surface area contributed by atoms with E-state index in [0.29, 0.717) is 30.2 Å². The van der Waals surface area contributed by atoms with Crippen molar-refractivity contribution in [3.05, 3.63) is 42.6 Å². The molecule has 0 aliphatic carbocycles. The Kier molecular flexibility index (Phi) is 4.80. The number of anilines is 1. The molecule has 0 fully saturated rings. The fourth-order valence-corrected chi connectivity index (χ4v) is 3.72. The van der Waals surface area contributed by atoms with Gasteiger partial charge in [-0.3, -0.25) is 9.82 Å². The number of rotatable bonds is 7. The molecule has 0 spiro atoms. The monoisotopic (exact) mass is 361 g/mol. The summed E-state index contributed by atoms with van der Waals surface area (Å²) in [4.78, 5) is 0.0248. The van der Waals surface area contributed by atoms with Gasteiger partial charge in [0.2, 0.25) is 0 Å². The van der Waals surface area contributed by atoms with E-state index in [4.69, 9.17) is 9.47 Å². The lowest BCUT2D eigenvalue weighted by Crippen LogP contribution is -2.15. The van der Waals surface area contributed by atoms with Crippen molar-refractivity contribution >= 4 is 26.6 Å². The summed E-state index contributed by atoms with van der Waals surface area (Å²) in [5, 5.41) is 7.56. The summed E-state index contributed by atoms with van der Waals surface area (Å²) in [7, 11) is -3.88. The zero-order valence-electron chi connectivity index (χ0n) is 13.9. The van der Waals surface area contributed by atoms with E-state index in [1.165, 1.54) is 6.07 Å². The molecule has 2 aromatic carbocycles. The molecule has 0 unspecified atom stereocenters. The van der Waals surface area contributed by atoms with Gasteiger partial charge in [0.1, 0.15) is 16.4 Å². The van der Waals surface area contributed by atoms with Crippen LogP contribution in [0.2, 0.25) is 0 Å². The number of hydrogen-bond acceptors (Lipinski definition) is 5. The standard InChI is InChI=1S/C17H19N3O4S/c1-3-23-13-8-9-15(24-4-2)16(10-13)25(21,22)20-14-7-5-6-12-11-18-19-17(12)14/h5-11,20H,3-4H2,1-2H3,(H,18,19). The van der Waals surface area contributed by atoms with Gasteiger partial charge in [-0.1, -0.05) is 12.1 Å². The number of ether oxygens (including phenoxy) is 2. The van der Waals surface area contributed by atoms with E-state index >= 15 is 0 Å². The molecule has 0 saturated carbocycles. The summed E-state index contributed by atoms with van der Waals surface area (Å²) >= 11 is 0. The van der Waals surface area contributed by atoms with Crippen molar-refractivity contribution in [1.82, 2.24) is 10.2 Å². The lowest BCUT2D eigenvalue weighted by molar-refractivity contribution is 0.322. The third-order valence-electron chi connectivity index (χ3n) is 3.54. The van der Waals surface area contributed by atoms with Crippen LogP contribution >= 0.6 is 0 Å². The summed E-state index contributed by atoms with van der Waals surface area (Å²) in [5.41, 5.74) is 1.03. The van der Waals surface area contributed by atoms with Crippen LogP contribution in [0.25, 0.3) is 10.9 Å². The SMILES string of the molecule is CCOc1ccc(OCC)c(S(=O)(=O)Nc2cccc3cn[nH]c23)c1. The zero-order chi connectivity index (χ0) is 17.9. The second-order valence-electron chi connectivity index (χ2n) is 5.22. The minimum atomic E-state index is -3.88. The zero-order valence-corrected chi connectivity index (χ0v) is 14.8. The highest BCUT2D eigenvalue weighted by Crippen LogP contribution is 2.31. The van der Waals surface area contributed by atoms with Gasteiger partial charge in [0.25, 0.3) is 10.0 Å². The average molecular weight is 361 g/mol. The van der Waals surface area contributed by atoms with Crippen molar-refractivity contribution in [2.24, 2.45) is 0 Å². The van der Waals surface area contributed by atoms with Crippen LogP contribution in [-0.2, 0) is 10.0 Å². The van der Waals surface area contributed by atoms with Crippen molar-refractivity contribution in [3.8, 4) is 11.5 Å². The number of benzene rings is 2. The van der Waals surface area contributed by atoms with E-state index < -0.39 is 10.0 Å². The maximum Gasteiger partial charge on any atom is 0.265 e. The molecule has 3 aromatic rings. The average Bonchev–Trinajstić information content (AvgIpc) is 3.06. The molecule has 3 rings (SSSR count). The molecule has 0 aliphatic rings. The molecule has 7 nitrogen and oxygen atoms in total. The third-order valence-corrected chi connectivity index (χ3v) is 4.92. The van der Waals surface area contributed by atoms with Crippen LogP contribution in [0.5, 0.6) is 11.5 Å². The predicted molar refractivity (Wildman–Crippen MR) is 95.7 cm³/mol. The van der Waals surface area contributed by atoms with Gasteiger partial charge in [-0.2, -0.15) is 5.10 Å². The van der Waals surface area contributed by atoms with E-state index in [-0.39, 0.29) is 10.6 Å². The van der Waals surface area contributed by atoms with E-state index in [1.54, 1.807) is 37.4 Å². The number of H-pyrrole nitrogens is 1. The largest absolute Gasteiger partial charge is 0.494 e. The van der Waals surface area contributed by atoms with Crippen LogP contribution in [0.4, 0.5) is 5.69 Å². The number of aromatic nitrogens is 2. The van der Waals surface area contributed by atoms with Crippen molar-refractivity contribution in [2.75, 3.05) is 17.9 Å². The fraction of sp³-hybridized carbons (Fsp3) is 0.235. The van der Waals surface area contributed by atoms with Crippen molar-refractivity contribution in [3.63, 3.8) is 0 Å². The second-order valence-corrected chi connectivity index (χ2v) is 6.87. The molecule has 0 atom stereocenters. The molecule has 0 radical (unpaired) electrons. The lowest BCUT2D eigenvalue weighted by atomic mass is 10.2. The van der Waals surface area contributed by atoms with E-state index in [9.17, 15) is 8.42 Å². The van der Waals surface area contributed by atoms with Gasteiger partial charge in [0, 0.05) is 11.5 Å². The molecule has 25 heavy (non-hydrogen) atoms. The Hall–Kier alpha value is -2.74. The van der Waals surface area contributed by atoms with Crippen LogP contribution in [0, 0.1) is 0 Å². The summed E-state index contributed by atoms with van der Waals surface area (Å²) in [6.45, 7) is 4.43. The number of nitrogens with zero attached hydrogens (tertiary/aromatic N) is 1. The van der Waals surface area contributed by atoms with E-state index in [1.807, 2.05) is 13.0 Å². The molecule has 0 bridgehead atoms. The number of hydrogen-bond donors (Lipinski definition) is 2. The highest BCUT2D eigenvalue weighted by atomic mass is 32.2. The first-order chi connectivity index (χ1) is 12.0. The molecule has 0 aliphatic heterocycles. The Balaban J connectivity index is 2.04. The maximum absolute atomic E-state index is 12.9. The van der Waals surface area contributed by atoms with Gasteiger partial charge in [-0.15, -0.1) is 0 Å². The topological polar surface area (TPSA) is 93.3 Å². The highest BCUT2D eigenvalue weighted by molar-refractivity contribution is 7.92.